The number of hydrogen-bond donors (Lipinski definition) is 1. The third-order valence-electron chi connectivity index (χ3n) is 5.43. The second-order valence-corrected chi connectivity index (χ2v) is 7.96. The summed E-state index contributed by atoms with van der Waals surface area (Å²) in [4.78, 5) is 23.3. The summed E-state index contributed by atoms with van der Waals surface area (Å²) >= 11 is 6.43. The van der Waals surface area contributed by atoms with E-state index in [1.165, 1.54) is 0 Å². The average molecular weight is 441 g/mol. The number of methoxy groups -OCH3 is 1. The fourth-order valence-electron chi connectivity index (χ4n) is 3.78. The van der Waals surface area contributed by atoms with E-state index < -0.39 is 0 Å². The molecular weight excluding hydrogens is 416 g/mol. The molecule has 1 aliphatic heterocycles. The molecule has 1 unspecified atom stereocenters. The summed E-state index contributed by atoms with van der Waals surface area (Å²) < 4.78 is 10.6. The Morgan fingerprint density at radius 3 is 2.90 bits per heavy atom. The second kappa shape index (κ2) is 9.94. The summed E-state index contributed by atoms with van der Waals surface area (Å²) in [6, 6.07) is 13.4. The standard InChI is InChI=1S/C23H25ClN4O3/c1-30-21-8-7-20-22(27-21)18(19(24)13-25-20)10-12-28-11-9-17(14-28)26-23(29)31-15-16-5-3-2-4-6-16/h2-8,13,17H,9-12,14-15H2,1H3,(H,26,29). The minimum Gasteiger partial charge on any atom is -0.481 e. The van der Waals surface area contributed by atoms with E-state index in [4.69, 9.17) is 21.1 Å². The van der Waals surface area contributed by atoms with Gasteiger partial charge in [-0.3, -0.25) is 4.98 Å². The minimum atomic E-state index is -0.379. The average Bonchev–Trinajstić information content (AvgIpc) is 3.24. The number of rotatable bonds is 7. The van der Waals surface area contributed by atoms with Crippen LogP contribution >= 0.6 is 11.6 Å². The monoisotopic (exact) mass is 440 g/mol. The first-order valence-corrected chi connectivity index (χ1v) is 10.7. The highest BCUT2D eigenvalue weighted by molar-refractivity contribution is 6.32. The van der Waals surface area contributed by atoms with Crippen LogP contribution in [-0.2, 0) is 17.8 Å². The zero-order valence-corrected chi connectivity index (χ0v) is 18.1. The molecule has 3 heterocycles. The van der Waals surface area contributed by atoms with Crippen LogP contribution in [0.3, 0.4) is 0 Å². The van der Waals surface area contributed by atoms with Crippen LogP contribution < -0.4 is 10.1 Å². The maximum atomic E-state index is 12.1. The highest BCUT2D eigenvalue weighted by Gasteiger charge is 2.24. The van der Waals surface area contributed by atoms with Crippen molar-refractivity contribution >= 4 is 28.7 Å². The summed E-state index contributed by atoms with van der Waals surface area (Å²) in [5, 5.41) is 3.57. The Hall–Kier alpha value is -2.90. The molecule has 1 fully saturated rings. The summed E-state index contributed by atoms with van der Waals surface area (Å²) in [5.74, 6) is 0.539. The van der Waals surface area contributed by atoms with Gasteiger partial charge in [-0.1, -0.05) is 41.9 Å². The molecule has 1 N–H and O–H groups in total. The number of aromatic nitrogens is 2. The van der Waals surface area contributed by atoms with Gasteiger partial charge in [0.1, 0.15) is 6.61 Å². The van der Waals surface area contributed by atoms with Crippen LogP contribution in [0.2, 0.25) is 5.02 Å². The normalized spacial score (nSPS) is 16.4. The number of nitrogens with zero attached hydrogens (tertiary/aromatic N) is 3. The van der Waals surface area contributed by atoms with E-state index in [-0.39, 0.29) is 18.7 Å². The van der Waals surface area contributed by atoms with Gasteiger partial charge in [0.2, 0.25) is 5.88 Å². The van der Waals surface area contributed by atoms with Crippen LogP contribution in [0.4, 0.5) is 4.79 Å². The number of amides is 1. The molecular formula is C23H25ClN4O3. The number of ether oxygens (including phenoxy) is 2. The number of hydrogen-bond acceptors (Lipinski definition) is 6. The first-order valence-electron chi connectivity index (χ1n) is 10.3. The van der Waals surface area contributed by atoms with Crippen LogP contribution in [0, 0.1) is 0 Å². The van der Waals surface area contributed by atoms with Gasteiger partial charge in [-0.2, -0.15) is 0 Å². The Morgan fingerprint density at radius 1 is 1.26 bits per heavy atom. The summed E-state index contributed by atoms with van der Waals surface area (Å²) in [6.07, 6.45) is 2.92. The zero-order chi connectivity index (χ0) is 21.6. The van der Waals surface area contributed by atoms with Gasteiger partial charge in [-0.25, -0.2) is 9.78 Å². The molecule has 31 heavy (non-hydrogen) atoms. The highest BCUT2D eigenvalue weighted by Crippen LogP contribution is 2.26. The number of likely N-dealkylation sites (tertiary alicyclic amines) is 1. The van der Waals surface area contributed by atoms with Crippen molar-refractivity contribution < 1.29 is 14.3 Å². The van der Waals surface area contributed by atoms with Crippen molar-refractivity contribution in [2.45, 2.75) is 25.5 Å². The molecule has 1 atom stereocenters. The molecule has 1 saturated heterocycles. The molecule has 0 bridgehead atoms. The van der Waals surface area contributed by atoms with E-state index in [0.29, 0.717) is 10.9 Å². The Labute approximate surface area is 186 Å². The van der Waals surface area contributed by atoms with E-state index in [0.717, 1.165) is 54.6 Å². The lowest BCUT2D eigenvalue weighted by atomic mass is 10.1. The van der Waals surface area contributed by atoms with Crippen molar-refractivity contribution in [1.82, 2.24) is 20.2 Å². The lowest BCUT2D eigenvalue weighted by Crippen LogP contribution is -2.37. The maximum absolute atomic E-state index is 12.1. The first kappa shape index (κ1) is 21.3. The number of carbonyl (C=O) groups is 1. The van der Waals surface area contributed by atoms with E-state index in [2.05, 4.69) is 20.2 Å². The fraction of sp³-hybridized carbons (Fsp3) is 0.348. The smallest absolute Gasteiger partial charge is 0.407 e. The topological polar surface area (TPSA) is 76.6 Å². The van der Waals surface area contributed by atoms with Crippen molar-refractivity contribution in [3.63, 3.8) is 0 Å². The number of carbonyl (C=O) groups excluding carboxylic acids is 1. The Balaban J connectivity index is 1.30. The summed E-state index contributed by atoms with van der Waals surface area (Å²) in [7, 11) is 1.59. The van der Waals surface area contributed by atoms with Crippen LogP contribution in [0.15, 0.2) is 48.7 Å². The molecule has 8 heteroatoms. The SMILES string of the molecule is COc1ccc2ncc(Cl)c(CCN3CCC(NC(=O)OCc4ccccc4)C3)c2n1. The molecule has 0 spiro atoms. The predicted molar refractivity (Wildman–Crippen MR) is 119 cm³/mol. The van der Waals surface area contributed by atoms with Crippen LogP contribution in [0.5, 0.6) is 5.88 Å². The van der Waals surface area contributed by atoms with Crippen LogP contribution in [0.1, 0.15) is 17.5 Å². The Morgan fingerprint density at radius 2 is 2.10 bits per heavy atom. The van der Waals surface area contributed by atoms with Gasteiger partial charge in [0.15, 0.2) is 0 Å². The maximum Gasteiger partial charge on any atom is 0.407 e. The number of alkyl carbamates (subject to hydrolysis) is 1. The zero-order valence-electron chi connectivity index (χ0n) is 17.4. The van der Waals surface area contributed by atoms with Gasteiger partial charge in [0, 0.05) is 43.5 Å². The Bertz CT molecular complexity index is 1050. The highest BCUT2D eigenvalue weighted by atomic mass is 35.5. The lowest BCUT2D eigenvalue weighted by Gasteiger charge is -2.17. The van der Waals surface area contributed by atoms with Crippen molar-refractivity contribution in [2.24, 2.45) is 0 Å². The number of fused-ring (bicyclic) bond motifs is 1. The molecule has 1 aromatic carbocycles. The molecule has 0 aliphatic carbocycles. The molecule has 0 saturated carbocycles. The Kier molecular flexibility index (Phi) is 6.84. The van der Waals surface area contributed by atoms with E-state index >= 15 is 0 Å². The second-order valence-electron chi connectivity index (χ2n) is 7.55. The molecule has 3 aromatic rings. The predicted octanol–water partition coefficient (Wildman–Crippen LogP) is 3.84. The van der Waals surface area contributed by atoms with Crippen LogP contribution in [0.25, 0.3) is 11.0 Å². The van der Waals surface area contributed by atoms with Crippen molar-refractivity contribution in [3.8, 4) is 5.88 Å². The molecule has 162 valence electrons. The summed E-state index contributed by atoms with van der Waals surface area (Å²) in [6.45, 7) is 2.76. The quantitative estimate of drug-likeness (QED) is 0.601. The van der Waals surface area contributed by atoms with E-state index in [9.17, 15) is 4.79 Å². The molecule has 2 aromatic heterocycles. The minimum absolute atomic E-state index is 0.0751. The van der Waals surface area contributed by atoms with Crippen molar-refractivity contribution in [2.75, 3.05) is 26.7 Å². The molecule has 7 nitrogen and oxygen atoms in total. The molecule has 1 amide bonds. The van der Waals surface area contributed by atoms with Crippen molar-refractivity contribution in [1.29, 1.82) is 0 Å². The molecule has 4 rings (SSSR count). The van der Waals surface area contributed by atoms with Gasteiger partial charge in [-0.15, -0.1) is 0 Å². The van der Waals surface area contributed by atoms with Gasteiger partial charge in [-0.05, 0) is 24.5 Å². The number of halogens is 1. The van der Waals surface area contributed by atoms with Crippen LogP contribution in [-0.4, -0.2) is 53.7 Å². The first-order chi connectivity index (χ1) is 15.1. The number of benzene rings is 1. The molecule has 0 radical (unpaired) electrons. The fourth-order valence-corrected chi connectivity index (χ4v) is 4.02. The molecule has 1 aliphatic rings. The third-order valence-corrected chi connectivity index (χ3v) is 5.76. The van der Waals surface area contributed by atoms with Gasteiger partial charge in [0.05, 0.1) is 23.2 Å². The van der Waals surface area contributed by atoms with Gasteiger partial charge < -0.3 is 19.7 Å². The lowest BCUT2D eigenvalue weighted by molar-refractivity contribution is 0.135. The van der Waals surface area contributed by atoms with E-state index in [1.807, 2.05) is 36.4 Å². The van der Waals surface area contributed by atoms with Gasteiger partial charge in [0.25, 0.3) is 0 Å². The third kappa shape index (κ3) is 5.42. The number of nitrogens with one attached hydrogen (secondary N) is 1. The largest absolute Gasteiger partial charge is 0.481 e. The number of pyridine rings is 2. The summed E-state index contributed by atoms with van der Waals surface area (Å²) in [5.41, 5.74) is 3.49. The van der Waals surface area contributed by atoms with Gasteiger partial charge >= 0.3 is 6.09 Å². The van der Waals surface area contributed by atoms with E-state index in [1.54, 1.807) is 19.4 Å². The van der Waals surface area contributed by atoms with Crippen molar-refractivity contribution in [3.05, 3.63) is 64.8 Å².